The van der Waals surface area contributed by atoms with E-state index < -0.39 is 11.9 Å². The monoisotopic (exact) mass is 478 g/mol. The van der Waals surface area contributed by atoms with Crippen LogP contribution in [0.5, 0.6) is 0 Å². The fourth-order valence-corrected chi connectivity index (χ4v) is 5.54. The summed E-state index contributed by atoms with van der Waals surface area (Å²) in [6, 6.07) is 0.329. The van der Waals surface area contributed by atoms with Crippen LogP contribution < -0.4 is 5.73 Å². The molecule has 4 N–H and O–H groups in total. The normalized spacial score (nSPS) is 24.1. The second-order valence-corrected chi connectivity index (χ2v) is 11.0. The average molecular weight is 479 g/mol. The van der Waals surface area contributed by atoms with Crippen molar-refractivity contribution in [3.63, 3.8) is 0 Å². The van der Waals surface area contributed by atoms with Gasteiger partial charge in [-0.1, -0.05) is 97.1 Å². The Balaban J connectivity index is 0.000000620. The first-order chi connectivity index (χ1) is 16.0. The molecule has 0 unspecified atom stereocenters. The maximum absolute atomic E-state index is 9.55. The number of nitrogens with zero attached hydrogens (tertiary/aromatic N) is 1. The van der Waals surface area contributed by atoms with Gasteiger partial charge in [0, 0.05) is 42.1 Å². The van der Waals surface area contributed by atoms with Gasteiger partial charge in [0.1, 0.15) is 0 Å². The van der Waals surface area contributed by atoms with Gasteiger partial charge in [0.25, 0.3) is 0 Å². The van der Waals surface area contributed by atoms with Crippen molar-refractivity contribution >= 4 is 11.9 Å². The zero-order chi connectivity index (χ0) is 25.6. The summed E-state index contributed by atoms with van der Waals surface area (Å²) in [5.41, 5.74) is 8.61. The zero-order valence-electron chi connectivity index (χ0n) is 22.2. The van der Waals surface area contributed by atoms with Gasteiger partial charge in [-0.3, -0.25) is 4.90 Å². The Morgan fingerprint density at radius 1 is 0.971 bits per heavy atom. The van der Waals surface area contributed by atoms with Gasteiger partial charge in [0.2, 0.25) is 0 Å². The molecule has 2 rings (SSSR count). The average Bonchev–Trinajstić information content (AvgIpc) is 2.77. The molecule has 0 aromatic carbocycles. The summed E-state index contributed by atoms with van der Waals surface area (Å²) >= 11 is 0. The Hall–Kier alpha value is -1.66. The lowest BCUT2D eigenvalue weighted by Crippen LogP contribution is -2.54. The van der Waals surface area contributed by atoms with E-state index in [9.17, 15) is 9.59 Å². The number of aliphatic carboxylic acids is 2. The molecule has 6 heteroatoms. The van der Waals surface area contributed by atoms with E-state index in [1.807, 2.05) is 0 Å². The van der Waals surface area contributed by atoms with E-state index in [2.05, 4.69) is 38.7 Å². The van der Waals surface area contributed by atoms with Crippen molar-refractivity contribution in [1.29, 1.82) is 0 Å². The Bertz CT molecular complexity index is 670. The summed E-state index contributed by atoms with van der Waals surface area (Å²) < 4.78 is 0. The maximum Gasteiger partial charge on any atom is 0.328 e. The van der Waals surface area contributed by atoms with Gasteiger partial charge >= 0.3 is 11.9 Å². The van der Waals surface area contributed by atoms with Gasteiger partial charge in [-0.2, -0.15) is 0 Å². The molecular weight excluding hydrogens is 428 g/mol. The van der Waals surface area contributed by atoms with Crippen LogP contribution in [0.1, 0.15) is 105 Å². The van der Waals surface area contributed by atoms with E-state index in [0.717, 1.165) is 6.54 Å². The molecule has 0 radical (unpaired) electrons. The van der Waals surface area contributed by atoms with E-state index in [4.69, 9.17) is 15.9 Å². The van der Waals surface area contributed by atoms with E-state index >= 15 is 0 Å². The molecule has 0 spiro atoms. The van der Waals surface area contributed by atoms with Crippen molar-refractivity contribution in [3.8, 4) is 0 Å². The second kappa shape index (κ2) is 15.4. The van der Waals surface area contributed by atoms with Crippen molar-refractivity contribution in [3.05, 3.63) is 23.8 Å². The molecule has 2 aliphatic rings. The van der Waals surface area contributed by atoms with Crippen LogP contribution in [-0.2, 0) is 9.59 Å². The van der Waals surface area contributed by atoms with Crippen LogP contribution in [0.25, 0.3) is 0 Å². The molecule has 1 aliphatic heterocycles. The fourth-order valence-electron chi connectivity index (χ4n) is 5.54. The van der Waals surface area contributed by atoms with Gasteiger partial charge in [0.15, 0.2) is 0 Å². The van der Waals surface area contributed by atoms with Crippen LogP contribution in [0.4, 0.5) is 0 Å². The second-order valence-electron chi connectivity index (χ2n) is 11.0. The largest absolute Gasteiger partial charge is 0.478 e. The lowest BCUT2D eigenvalue weighted by atomic mass is 9.57. The maximum atomic E-state index is 9.55. The number of hydrogen-bond acceptors (Lipinski definition) is 4. The Morgan fingerprint density at radius 2 is 1.47 bits per heavy atom. The molecule has 1 fully saturated rings. The quantitative estimate of drug-likeness (QED) is 0.170. The standard InChI is InChI=1S/C24H46N2.C4H4O4/c1-5-6-7-8-9-10-11-12-13-14-18-26-19-16-21-23(2,3)22(25)15-17-24(21,4)20-26;5-3(6)1-2-4(7)8/h16,22H,5-15,17-20,25H2,1-4H3;1-2H,(H,5,6)(H,7,8)/b;2-1+/t22-,24+;/m0./s1. The molecular formula is C28H50N2O4. The number of nitrogens with two attached hydrogens (primary N) is 1. The number of carbonyl (C=O) groups is 2. The minimum Gasteiger partial charge on any atom is -0.478 e. The molecule has 34 heavy (non-hydrogen) atoms. The van der Waals surface area contributed by atoms with Crippen molar-refractivity contribution in [2.24, 2.45) is 16.6 Å². The summed E-state index contributed by atoms with van der Waals surface area (Å²) in [5.74, 6) is -2.51. The number of fused-ring (bicyclic) bond motifs is 1. The van der Waals surface area contributed by atoms with Crippen molar-refractivity contribution in [2.75, 3.05) is 19.6 Å². The van der Waals surface area contributed by atoms with E-state index in [1.165, 1.54) is 90.1 Å². The van der Waals surface area contributed by atoms with E-state index in [1.54, 1.807) is 5.57 Å². The third-order valence-electron chi connectivity index (χ3n) is 7.60. The number of carboxylic acids is 2. The molecule has 1 heterocycles. The van der Waals surface area contributed by atoms with E-state index in [0.29, 0.717) is 23.6 Å². The summed E-state index contributed by atoms with van der Waals surface area (Å²) in [6.45, 7) is 13.2. The summed E-state index contributed by atoms with van der Waals surface area (Å²) in [7, 11) is 0. The molecule has 0 aromatic rings. The first-order valence-corrected chi connectivity index (χ1v) is 13.4. The van der Waals surface area contributed by atoms with Crippen LogP contribution >= 0.6 is 0 Å². The number of carboxylic acid groups (broad SMARTS) is 2. The minimum absolute atomic E-state index is 0.177. The van der Waals surface area contributed by atoms with Crippen LogP contribution in [0.3, 0.4) is 0 Å². The first-order valence-electron chi connectivity index (χ1n) is 13.4. The molecule has 0 bridgehead atoms. The third kappa shape index (κ3) is 10.7. The highest BCUT2D eigenvalue weighted by molar-refractivity contribution is 5.89. The van der Waals surface area contributed by atoms with Gasteiger partial charge in [0.05, 0.1) is 0 Å². The summed E-state index contributed by atoms with van der Waals surface area (Å²) in [5, 5.41) is 15.6. The fraction of sp³-hybridized carbons (Fsp3) is 0.786. The SMILES string of the molecule is CCCCCCCCCCCCN1CC=C2C(C)(C)[C@@H](N)CC[C@]2(C)C1.O=C(O)/C=C/C(=O)O. The van der Waals surface area contributed by atoms with Crippen molar-refractivity contribution < 1.29 is 19.8 Å². The predicted molar refractivity (Wildman–Crippen MR) is 140 cm³/mol. The van der Waals surface area contributed by atoms with Crippen molar-refractivity contribution in [1.82, 2.24) is 4.90 Å². The first kappa shape index (κ1) is 30.4. The predicted octanol–water partition coefficient (Wildman–Crippen LogP) is 6.01. The van der Waals surface area contributed by atoms with Gasteiger partial charge in [-0.05, 0) is 25.8 Å². The smallest absolute Gasteiger partial charge is 0.328 e. The van der Waals surface area contributed by atoms with Crippen LogP contribution in [0, 0.1) is 10.8 Å². The van der Waals surface area contributed by atoms with E-state index in [-0.39, 0.29) is 5.41 Å². The highest BCUT2D eigenvalue weighted by atomic mass is 16.4. The highest BCUT2D eigenvalue weighted by Gasteiger charge is 2.47. The lowest BCUT2D eigenvalue weighted by molar-refractivity contribution is -0.134. The Labute approximate surface area is 207 Å². The molecule has 196 valence electrons. The molecule has 0 saturated heterocycles. The van der Waals surface area contributed by atoms with Crippen molar-refractivity contribution in [2.45, 2.75) is 111 Å². The molecule has 6 nitrogen and oxygen atoms in total. The highest BCUT2D eigenvalue weighted by Crippen LogP contribution is 2.51. The molecule has 1 aliphatic carbocycles. The molecule has 0 aromatic heterocycles. The number of unbranched alkanes of at least 4 members (excludes halogenated alkanes) is 9. The molecule has 2 atom stereocenters. The van der Waals surface area contributed by atoms with Gasteiger partial charge in [-0.15, -0.1) is 0 Å². The van der Waals surface area contributed by atoms with Gasteiger partial charge in [-0.25, -0.2) is 9.59 Å². The number of rotatable bonds is 13. The molecule has 0 amide bonds. The van der Waals surface area contributed by atoms with Crippen LogP contribution in [-0.4, -0.2) is 52.7 Å². The zero-order valence-corrected chi connectivity index (χ0v) is 22.2. The lowest BCUT2D eigenvalue weighted by Gasteiger charge is -2.53. The Kier molecular flexibility index (Phi) is 13.7. The number of hydrogen-bond donors (Lipinski definition) is 3. The minimum atomic E-state index is -1.26. The topological polar surface area (TPSA) is 104 Å². The summed E-state index contributed by atoms with van der Waals surface area (Å²) in [4.78, 5) is 21.8. The van der Waals surface area contributed by atoms with Crippen LogP contribution in [0.15, 0.2) is 23.8 Å². The third-order valence-corrected chi connectivity index (χ3v) is 7.60. The summed E-state index contributed by atoms with van der Waals surface area (Å²) in [6.07, 6.45) is 20.3. The molecule has 1 saturated carbocycles. The van der Waals surface area contributed by atoms with Gasteiger partial charge < -0.3 is 15.9 Å². The van der Waals surface area contributed by atoms with Crippen LogP contribution in [0.2, 0.25) is 0 Å². The Morgan fingerprint density at radius 3 is 1.97 bits per heavy atom.